The molecule has 1 aliphatic heterocycles. The molecule has 1 amide bonds. The number of benzene rings is 2. The Hall–Kier alpha value is -1.73. The van der Waals surface area contributed by atoms with Gasteiger partial charge in [-0.2, -0.15) is 0 Å². The quantitative estimate of drug-likeness (QED) is 0.558. The van der Waals surface area contributed by atoms with Crippen molar-refractivity contribution in [3.8, 4) is 0 Å². The molecule has 26 heavy (non-hydrogen) atoms. The Morgan fingerprint density at radius 2 is 2.00 bits per heavy atom. The molecule has 0 spiro atoms. The summed E-state index contributed by atoms with van der Waals surface area (Å²) in [6.45, 7) is 1.82. The first-order chi connectivity index (χ1) is 12.5. The molecule has 138 valence electrons. The predicted molar refractivity (Wildman–Crippen MR) is 103 cm³/mol. The molecule has 0 aromatic heterocycles. The number of hydrogen-bond donors (Lipinski definition) is 2. The molecule has 6 heteroatoms. The van der Waals surface area contributed by atoms with E-state index < -0.39 is 6.04 Å². The predicted octanol–water partition coefficient (Wildman–Crippen LogP) is 3.02. The summed E-state index contributed by atoms with van der Waals surface area (Å²) in [5.74, 6) is -0.350. The second-order valence-electron chi connectivity index (χ2n) is 6.67. The molecule has 0 saturated carbocycles. The van der Waals surface area contributed by atoms with Crippen LogP contribution in [0.15, 0.2) is 59.1 Å². The van der Waals surface area contributed by atoms with Crippen LogP contribution in [0.2, 0.25) is 0 Å². The van der Waals surface area contributed by atoms with E-state index in [2.05, 4.69) is 20.8 Å². The van der Waals surface area contributed by atoms with Gasteiger partial charge < -0.3 is 5.11 Å². The molecule has 1 heterocycles. The van der Waals surface area contributed by atoms with Crippen LogP contribution in [0.1, 0.15) is 23.6 Å². The van der Waals surface area contributed by atoms with E-state index >= 15 is 0 Å². The van der Waals surface area contributed by atoms with Gasteiger partial charge in [0.25, 0.3) is 5.91 Å². The van der Waals surface area contributed by atoms with Crippen LogP contribution in [0.3, 0.4) is 0 Å². The normalized spacial score (nSPS) is 18.7. The highest BCUT2D eigenvalue weighted by molar-refractivity contribution is 9.10. The van der Waals surface area contributed by atoms with E-state index in [4.69, 9.17) is 0 Å². The van der Waals surface area contributed by atoms with Crippen molar-refractivity contribution in [3.63, 3.8) is 0 Å². The number of aliphatic hydroxyl groups excluding tert-OH is 1. The lowest BCUT2D eigenvalue weighted by Crippen LogP contribution is -2.40. The topological polar surface area (TPSA) is 64.0 Å². The molecule has 3 rings (SSSR count). The Morgan fingerprint density at radius 3 is 2.65 bits per heavy atom. The monoisotopic (exact) mass is 418 g/mol. The fourth-order valence-corrected chi connectivity index (χ4v) is 3.74. The largest absolute Gasteiger partial charge is 0.392 e. The number of carbonyl (C=O) groups excluding carboxylic acids is 1. The number of aliphatic hydroxyl groups is 1. The maximum atomic E-state index is 12.7. The number of hydroxylamine groups is 2. The van der Waals surface area contributed by atoms with E-state index in [1.807, 2.05) is 54.6 Å². The molecule has 0 aliphatic carbocycles. The summed E-state index contributed by atoms with van der Waals surface area (Å²) < 4.78 is 0.901. The number of hydrogen-bond acceptors (Lipinski definition) is 4. The average Bonchev–Trinajstić information content (AvgIpc) is 3.05. The standard InChI is InChI=1S/C20H23BrN2O3/c21-17-8-4-5-15(11-17)12-20(25)23(26)19(16-6-2-1-3-7-16)14-22-10-9-18(24)13-22/h1-8,11,18-19,24,26H,9-10,12-14H2. The molecule has 1 fully saturated rings. The van der Waals surface area contributed by atoms with Crippen molar-refractivity contribution in [1.82, 2.24) is 9.96 Å². The summed E-state index contributed by atoms with van der Waals surface area (Å²) in [5, 5.41) is 21.3. The van der Waals surface area contributed by atoms with Crippen LogP contribution >= 0.6 is 15.9 Å². The molecule has 0 bridgehead atoms. The molecular weight excluding hydrogens is 396 g/mol. The highest BCUT2D eigenvalue weighted by atomic mass is 79.9. The second kappa shape index (κ2) is 8.77. The molecule has 2 aromatic rings. The summed E-state index contributed by atoms with van der Waals surface area (Å²) >= 11 is 3.40. The van der Waals surface area contributed by atoms with Gasteiger partial charge in [0.05, 0.1) is 18.6 Å². The Kier molecular flexibility index (Phi) is 6.43. The van der Waals surface area contributed by atoms with Crippen LogP contribution in [-0.2, 0) is 11.2 Å². The van der Waals surface area contributed by atoms with Crippen LogP contribution in [0, 0.1) is 0 Å². The van der Waals surface area contributed by atoms with Gasteiger partial charge in [0.15, 0.2) is 0 Å². The highest BCUT2D eigenvalue weighted by Crippen LogP contribution is 2.24. The molecule has 1 aliphatic rings. The first-order valence-electron chi connectivity index (χ1n) is 8.73. The summed E-state index contributed by atoms with van der Waals surface area (Å²) in [6, 6.07) is 16.6. The number of rotatable bonds is 6. The molecule has 5 nitrogen and oxygen atoms in total. The van der Waals surface area contributed by atoms with Crippen molar-refractivity contribution in [1.29, 1.82) is 0 Å². The summed E-state index contributed by atoms with van der Waals surface area (Å²) in [6.07, 6.45) is 0.511. The Balaban J connectivity index is 1.75. The van der Waals surface area contributed by atoms with Crippen molar-refractivity contribution in [2.45, 2.75) is 25.0 Å². The van der Waals surface area contributed by atoms with Gasteiger partial charge in [0, 0.05) is 24.1 Å². The maximum absolute atomic E-state index is 12.7. The van der Waals surface area contributed by atoms with Crippen LogP contribution in [0.25, 0.3) is 0 Å². The SMILES string of the molecule is O=C(Cc1cccc(Br)c1)N(O)C(CN1CCC(O)C1)c1ccccc1. The van der Waals surface area contributed by atoms with E-state index in [0.717, 1.165) is 33.6 Å². The van der Waals surface area contributed by atoms with Gasteiger partial charge >= 0.3 is 0 Å². The van der Waals surface area contributed by atoms with Gasteiger partial charge in [0.1, 0.15) is 0 Å². The third kappa shape index (κ3) is 4.92. The third-order valence-corrected chi connectivity index (χ3v) is 5.15. The molecule has 2 atom stereocenters. The maximum Gasteiger partial charge on any atom is 0.250 e. The lowest BCUT2D eigenvalue weighted by atomic mass is 10.0. The van der Waals surface area contributed by atoms with Gasteiger partial charge in [-0.1, -0.05) is 58.4 Å². The number of likely N-dealkylation sites (tertiary alicyclic amines) is 1. The number of amides is 1. The smallest absolute Gasteiger partial charge is 0.250 e. The van der Waals surface area contributed by atoms with Crippen LogP contribution < -0.4 is 0 Å². The van der Waals surface area contributed by atoms with Crippen molar-refractivity contribution < 1.29 is 15.1 Å². The zero-order valence-electron chi connectivity index (χ0n) is 14.5. The minimum absolute atomic E-state index is 0.127. The Bertz CT molecular complexity index is 741. The van der Waals surface area contributed by atoms with E-state index in [1.54, 1.807) is 0 Å². The van der Waals surface area contributed by atoms with Crippen molar-refractivity contribution >= 4 is 21.8 Å². The summed E-state index contributed by atoms with van der Waals surface area (Å²) in [7, 11) is 0. The second-order valence-corrected chi connectivity index (χ2v) is 7.59. The fraction of sp³-hybridized carbons (Fsp3) is 0.350. The number of nitrogens with zero attached hydrogens (tertiary/aromatic N) is 2. The fourth-order valence-electron chi connectivity index (χ4n) is 3.30. The van der Waals surface area contributed by atoms with Gasteiger partial charge in [-0.3, -0.25) is 14.9 Å². The Morgan fingerprint density at radius 1 is 1.23 bits per heavy atom. The first-order valence-corrected chi connectivity index (χ1v) is 9.53. The lowest BCUT2D eigenvalue weighted by molar-refractivity contribution is -0.177. The van der Waals surface area contributed by atoms with Gasteiger partial charge in [-0.25, -0.2) is 5.06 Å². The Labute approximate surface area is 161 Å². The van der Waals surface area contributed by atoms with Crippen LogP contribution in [-0.4, -0.2) is 51.9 Å². The first kappa shape index (κ1) is 19.0. The summed E-state index contributed by atoms with van der Waals surface area (Å²) in [4.78, 5) is 14.8. The molecule has 2 N–H and O–H groups in total. The van der Waals surface area contributed by atoms with Gasteiger partial charge in [0.2, 0.25) is 0 Å². The zero-order valence-corrected chi connectivity index (χ0v) is 16.0. The van der Waals surface area contributed by atoms with E-state index in [0.29, 0.717) is 13.1 Å². The van der Waals surface area contributed by atoms with Crippen molar-refractivity contribution in [2.24, 2.45) is 0 Å². The van der Waals surface area contributed by atoms with E-state index in [-0.39, 0.29) is 18.4 Å². The third-order valence-electron chi connectivity index (χ3n) is 4.66. The average molecular weight is 419 g/mol. The number of β-amino-alcohol motifs (C(OH)–C–C–N with tert-alkyl or cyclic N) is 1. The number of carbonyl (C=O) groups is 1. The molecular formula is C20H23BrN2O3. The molecule has 2 unspecified atom stereocenters. The minimum Gasteiger partial charge on any atom is -0.392 e. The van der Waals surface area contributed by atoms with E-state index in [9.17, 15) is 15.1 Å². The van der Waals surface area contributed by atoms with Crippen molar-refractivity contribution in [2.75, 3.05) is 19.6 Å². The van der Waals surface area contributed by atoms with Gasteiger partial charge in [-0.05, 0) is 29.7 Å². The molecule has 2 aromatic carbocycles. The zero-order chi connectivity index (χ0) is 18.5. The molecule has 0 radical (unpaired) electrons. The van der Waals surface area contributed by atoms with Gasteiger partial charge in [-0.15, -0.1) is 0 Å². The molecule has 1 saturated heterocycles. The minimum atomic E-state index is -0.471. The highest BCUT2D eigenvalue weighted by Gasteiger charge is 2.29. The van der Waals surface area contributed by atoms with Crippen LogP contribution in [0.4, 0.5) is 0 Å². The lowest BCUT2D eigenvalue weighted by Gasteiger charge is -2.30. The summed E-state index contributed by atoms with van der Waals surface area (Å²) in [5.41, 5.74) is 1.71. The van der Waals surface area contributed by atoms with E-state index in [1.165, 1.54) is 0 Å². The van der Waals surface area contributed by atoms with Crippen LogP contribution in [0.5, 0.6) is 0 Å². The van der Waals surface area contributed by atoms with Crippen molar-refractivity contribution in [3.05, 3.63) is 70.2 Å². The number of halogens is 1.